The molecule has 31 heavy (non-hydrogen) atoms. The van der Waals surface area contributed by atoms with Crippen LogP contribution in [0.1, 0.15) is 34.6 Å². The van der Waals surface area contributed by atoms with E-state index in [9.17, 15) is 23.3 Å². The summed E-state index contributed by atoms with van der Waals surface area (Å²) >= 11 is 1.27. The van der Waals surface area contributed by atoms with Crippen LogP contribution in [0.25, 0.3) is 20.2 Å². The molecular formula is C21H24N2O6S2. The fraction of sp³-hybridized carbons (Fsp3) is 0.381. The Labute approximate surface area is 184 Å². The molecule has 0 aliphatic heterocycles. The number of rotatable bonds is 6. The number of nitrogens with one attached hydrogen (secondary N) is 1. The molecule has 10 heteroatoms. The van der Waals surface area contributed by atoms with E-state index in [0.29, 0.717) is 9.40 Å². The molecule has 0 radical (unpaired) electrons. The van der Waals surface area contributed by atoms with E-state index in [4.69, 9.17) is 4.74 Å². The highest BCUT2D eigenvalue weighted by Gasteiger charge is 2.32. The molecule has 1 aromatic heterocycles. The van der Waals surface area contributed by atoms with Gasteiger partial charge in [0.1, 0.15) is 11.6 Å². The highest BCUT2D eigenvalue weighted by Crippen LogP contribution is 2.37. The van der Waals surface area contributed by atoms with Crippen LogP contribution in [0, 0.1) is 16.0 Å². The SMILES string of the molecule is CC(C)[C@H](NS(=O)(=O)c1ccc2c(c1)sc1cc([N+](=O)[O-])ccc12)C(=O)OC(C)(C)C. The Kier molecular flexibility index (Phi) is 6.09. The lowest BCUT2D eigenvalue weighted by Crippen LogP contribution is -2.47. The minimum absolute atomic E-state index is 0.00950. The van der Waals surface area contributed by atoms with E-state index in [1.807, 2.05) is 0 Å². The highest BCUT2D eigenvalue weighted by molar-refractivity contribution is 7.89. The molecule has 0 aliphatic carbocycles. The van der Waals surface area contributed by atoms with Crippen molar-refractivity contribution in [3.8, 4) is 0 Å². The number of sulfonamides is 1. The van der Waals surface area contributed by atoms with Crippen molar-refractivity contribution in [1.29, 1.82) is 0 Å². The topological polar surface area (TPSA) is 116 Å². The minimum atomic E-state index is -4.01. The van der Waals surface area contributed by atoms with Gasteiger partial charge >= 0.3 is 5.97 Å². The van der Waals surface area contributed by atoms with Crippen molar-refractivity contribution in [3.63, 3.8) is 0 Å². The number of carbonyl (C=O) groups is 1. The number of fused-ring (bicyclic) bond motifs is 3. The van der Waals surface area contributed by atoms with Crippen LogP contribution in [0.4, 0.5) is 5.69 Å². The van der Waals surface area contributed by atoms with Gasteiger partial charge in [-0.25, -0.2) is 8.42 Å². The quantitative estimate of drug-likeness (QED) is 0.324. The molecule has 1 atom stereocenters. The molecular weight excluding hydrogens is 440 g/mol. The summed E-state index contributed by atoms with van der Waals surface area (Å²) in [6, 6.07) is 8.18. The van der Waals surface area contributed by atoms with E-state index >= 15 is 0 Å². The molecule has 0 fully saturated rings. The number of benzene rings is 2. The number of ether oxygens (including phenoxy) is 1. The van der Waals surface area contributed by atoms with Crippen molar-refractivity contribution < 1.29 is 22.9 Å². The molecule has 0 spiro atoms. The normalized spacial score (nSPS) is 13.6. The molecule has 0 aliphatic rings. The number of carbonyl (C=O) groups excluding carboxylic acids is 1. The Morgan fingerprint density at radius 1 is 1.10 bits per heavy atom. The maximum Gasteiger partial charge on any atom is 0.324 e. The molecule has 8 nitrogen and oxygen atoms in total. The lowest BCUT2D eigenvalue weighted by molar-refractivity contribution is -0.384. The van der Waals surface area contributed by atoms with Crippen LogP contribution in [0.5, 0.6) is 0 Å². The number of esters is 1. The van der Waals surface area contributed by atoms with Gasteiger partial charge in [-0.2, -0.15) is 4.72 Å². The van der Waals surface area contributed by atoms with E-state index < -0.39 is 32.6 Å². The van der Waals surface area contributed by atoms with Crippen molar-refractivity contribution in [3.05, 3.63) is 46.5 Å². The Bertz CT molecular complexity index is 1270. The second kappa shape index (κ2) is 8.18. The van der Waals surface area contributed by atoms with Crippen molar-refractivity contribution in [2.24, 2.45) is 5.92 Å². The summed E-state index contributed by atoms with van der Waals surface area (Å²) in [6.07, 6.45) is 0. The molecule has 0 saturated carbocycles. The molecule has 3 aromatic rings. The number of hydrogen-bond donors (Lipinski definition) is 1. The molecule has 2 aromatic carbocycles. The van der Waals surface area contributed by atoms with Crippen molar-refractivity contribution >= 4 is 53.2 Å². The highest BCUT2D eigenvalue weighted by atomic mass is 32.2. The molecule has 0 amide bonds. The van der Waals surface area contributed by atoms with Crippen LogP contribution in [0.3, 0.4) is 0 Å². The number of nitro benzene ring substituents is 1. The molecule has 166 valence electrons. The first-order chi connectivity index (χ1) is 14.3. The van der Waals surface area contributed by atoms with E-state index in [1.165, 1.54) is 35.6 Å². The van der Waals surface area contributed by atoms with Gasteiger partial charge in [-0.1, -0.05) is 19.9 Å². The predicted octanol–water partition coefficient (Wildman–Crippen LogP) is 4.61. The van der Waals surface area contributed by atoms with Gasteiger partial charge in [0.15, 0.2) is 0 Å². The van der Waals surface area contributed by atoms with Crippen molar-refractivity contribution in [2.45, 2.75) is 51.2 Å². The lowest BCUT2D eigenvalue weighted by Gasteiger charge is -2.26. The maximum atomic E-state index is 13.0. The Morgan fingerprint density at radius 3 is 2.23 bits per heavy atom. The van der Waals surface area contributed by atoms with Crippen LogP contribution < -0.4 is 4.72 Å². The second-order valence-corrected chi connectivity index (χ2v) is 11.4. The summed E-state index contributed by atoms with van der Waals surface area (Å²) < 4.78 is 35.2. The smallest absolute Gasteiger partial charge is 0.324 e. The lowest BCUT2D eigenvalue weighted by atomic mass is 10.1. The number of nitrogens with zero attached hydrogens (tertiary/aromatic N) is 1. The van der Waals surface area contributed by atoms with Crippen LogP contribution in [-0.4, -0.2) is 31.0 Å². The van der Waals surface area contributed by atoms with Gasteiger partial charge in [0.05, 0.1) is 9.82 Å². The van der Waals surface area contributed by atoms with Crippen molar-refractivity contribution in [2.75, 3.05) is 0 Å². The van der Waals surface area contributed by atoms with Crippen LogP contribution in [-0.2, 0) is 19.6 Å². The number of non-ortho nitro benzene ring substituents is 1. The van der Waals surface area contributed by atoms with Gasteiger partial charge in [-0.15, -0.1) is 11.3 Å². The third kappa shape index (κ3) is 5.03. The largest absolute Gasteiger partial charge is 0.459 e. The van der Waals surface area contributed by atoms with E-state index in [2.05, 4.69) is 4.72 Å². The van der Waals surface area contributed by atoms with Gasteiger partial charge in [-0.05, 0) is 44.9 Å². The zero-order valence-corrected chi connectivity index (χ0v) is 19.5. The molecule has 0 unspecified atom stereocenters. The monoisotopic (exact) mass is 464 g/mol. The Balaban J connectivity index is 1.97. The van der Waals surface area contributed by atoms with E-state index in [0.717, 1.165) is 10.8 Å². The third-order valence-electron chi connectivity index (χ3n) is 4.56. The van der Waals surface area contributed by atoms with Crippen molar-refractivity contribution in [1.82, 2.24) is 4.72 Å². The molecule has 1 N–H and O–H groups in total. The summed E-state index contributed by atoms with van der Waals surface area (Å²) in [5.74, 6) is -0.959. The Hall–Kier alpha value is -2.56. The first-order valence-electron chi connectivity index (χ1n) is 9.64. The molecule has 3 rings (SSSR count). The van der Waals surface area contributed by atoms with E-state index in [-0.39, 0.29) is 16.5 Å². The average Bonchev–Trinajstić information content (AvgIpc) is 3.01. The van der Waals surface area contributed by atoms with Gasteiger partial charge in [0.25, 0.3) is 5.69 Å². The molecule has 0 bridgehead atoms. The minimum Gasteiger partial charge on any atom is -0.459 e. The Morgan fingerprint density at radius 2 is 1.68 bits per heavy atom. The first-order valence-corrected chi connectivity index (χ1v) is 11.9. The van der Waals surface area contributed by atoms with E-state index in [1.54, 1.807) is 46.8 Å². The number of hydrogen-bond acceptors (Lipinski definition) is 7. The van der Waals surface area contributed by atoms with Gasteiger partial charge in [0.2, 0.25) is 10.0 Å². The molecule has 1 heterocycles. The average molecular weight is 465 g/mol. The number of thiophene rings is 1. The van der Waals surface area contributed by atoms with Crippen LogP contribution in [0.2, 0.25) is 0 Å². The fourth-order valence-corrected chi connectivity index (χ4v) is 5.70. The van der Waals surface area contributed by atoms with Crippen LogP contribution >= 0.6 is 11.3 Å². The summed E-state index contributed by atoms with van der Waals surface area (Å²) in [4.78, 5) is 23.1. The summed E-state index contributed by atoms with van der Waals surface area (Å²) in [6.45, 7) is 8.63. The first kappa shape index (κ1) is 23.1. The zero-order valence-electron chi connectivity index (χ0n) is 17.8. The standard InChI is InChI=1S/C21H24N2O6S2/c1-12(2)19(20(24)29-21(3,4)5)22-31(27,28)14-7-9-16-15-8-6-13(23(25)26)10-17(15)30-18(16)11-14/h6-12,19,22H,1-5H3/t19-/m0/s1. The second-order valence-electron chi connectivity index (χ2n) is 8.57. The fourth-order valence-electron chi connectivity index (χ4n) is 3.08. The van der Waals surface area contributed by atoms with Gasteiger partial charge in [-0.3, -0.25) is 14.9 Å². The summed E-state index contributed by atoms with van der Waals surface area (Å²) in [5, 5.41) is 12.7. The third-order valence-corrected chi connectivity index (χ3v) is 7.11. The number of nitro groups is 1. The van der Waals surface area contributed by atoms with Gasteiger partial charge in [0, 0.05) is 32.3 Å². The molecule has 0 saturated heterocycles. The summed E-state index contributed by atoms with van der Waals surface area (Å²) in [7, 11) is -4.01. The zero-order chi connectivity index (χ0) is 23.1. The maximum absolute atomic E-state index is 13.0. The summed E-state index contributed by atoms with van der Waals surface area (Å²) in [5.41, 5.74) is -0.764. The van der Waals surface area contributed by atoms with Crippen LogP contribution in [0.15, 0.2) is 41.3 Å². The van der Waals surface area contributed by atoms with Gasteiger partial charge < -0.3 is 4.74 Å². The predicted molar refractivity (Wildman–Crippen MR) is 121 cm³/mol.